The predicted octanol–water partition coefficient (Wildman–Crippen LogP) is 32.1. The first-order valence-corrected chi connectivity index (χ1v) is 80.3. The van der Waals surface area contributed by atoms with Crippen molar-refractivity contribution < 1.29 is 111 Å². The van der Waals surface area contributed by atoms with E-state index in [1.165, 1.54) is 73.7 Å². The summed E-state index contributed by atoms with van der Waals surface area (Å²) in [6.45, 7) is 86.1. The van der Waals surface area contributed by atoms with Crippen LogP contribution in [0.1, 0.15) is 347 Å². The van der Waals surface area contributed by atoms with Crippen LogP contribution in [-0.2, 0) is 111 Å². The molecule has 0 N–H and O–H groups in total. The topological polar surface area (TPSA) is 234 Å². The molecule has 892 valence electrons. The van der Waals surface area contributed by atoms with Gasteiger partial charge in [0.1, 0.15) is 0 Å². The van der Waals surface area contributed by atoms with Gasteiger partial charge in [0.2, 0.25) is 25.0 Å². The Morgan fingerprint density at radius 3 is 0.925 bits per heavy atom. The molecule has 4 aliphatic carbocycles. The minimum absolute atomic E-state index is 0. The standard InChI is InChI=1S/C19H38O4Si2.C18H38O5Si2.C16H36O4Si2.C16H30O4Si2.C15H30O4Si2.C13H30O4Si2.13CH4/c1-8-20-24(7,19-14-12-18(13-15-19)17(5)6)16-25(21-9-2,22-10-3)23-11-4;1-6-19-24(5,13-12-16-10-11-17-18(14-16)23-17)15-25(20-7-2,21-8-3)22-9-4;2*1-6-17-21(5,16-13-11-10-12-14-16)15-22(18-7-2,19-8-3)20-9-4;1-6-16-20(5,15-12-10-11-13-15)14-21(17-7-2,18-8-3)19-9-4;1-7-12-18(6,14-8-2)13-19(15-9-3,16-10-4)17-11-5;;;;;;;;;;;;;/h12,14,17H,8-11,13,15-16H2,1-7H3;16-18H,6-15H2,1-5H3;16H,6-15H2,1-5H3;10-14H,6-9,15H2,1-5H3;10-13,15H,6-9,14H2,1-5H3;7H,1,8-13H2,2-6H3;13*1H4. The molecule has 6 rings (SSSR count). The maximum atomic E-state index is 6.40. The third-order valence-corrected chi connectivity index (χ3v) is 80.7. The predicted molar refractivity (Wildman–Crippen MR) is 665 cm³/mol. The van der Waals surface area contributed by atoms with Crippen LogP contribution in [-0.4, -0.2) is 274 Å². The van der Waals surface area contributed by atoms with E-state index in [1.54, 1.807) is 0 Å². The van der Waals surface area contributed by atoms with E-state index < -0.39 is 103 Å². The van der Waals surface area contributed by atoms with Gasteiger partial charge in [0.05, 0.1) is 12.2 Å². The summed E-state index contributed by atoms with van der Waals surface area (Å²) < 4.78 is 152. The van der Waals surface area contributed by atoms with Crippen molar-refractivity contribution in [3.63, 3.8) is 0 Å². The quantitative estimate of drug-likeness (QED) is 0.0335. The van der Waals surface area contributed by atoms with Crippen LogP contribution in [0.4, 0.5) is 0 Å². The number of hydrogen-bond acceptors (Lipinski definition) is 25. The molecule has 5 aliphatic rings. The van der Waals surface area contributed by atoms with Crippen LogP contribution in [0.5, 0.6) is 0 Å². The highest BCUT2D eigenvalue weighted by molar-refractivity contribution is 6.95. The Labute approximate surface area is 928 Å². The number of epoxide rings is 1. The summed E-state index contributed by atoms with van der Waals surface area (Å²) in [7, 11) is -28.1. The average molecular weight is 2310 g/mol. The molecule has 1 aromatic carbocycles. The Balaban J connectivity index is -0.000000131. The number of ether oxygens (including phenoxy) is 1. The molecule has 1 heterocycles. The molecule has 9 atom stereocenters. The third-order valence-electron chi connectivity index (χ3n) is 24.5. The molecular formula is C110H254O25Si12. The van der Waals surface area contributed by atoms with Crippen molar-refractivity contribution in [3.8, 4) is 0 Å². The van der Waals surface area contributed by atoms with E-state index in [4.69, 9.17) is 111 Å². The van der Waals surface area contributed by atoms with Gasteiger partial charge in [-0.1, -0.05) is 233 Å². The zero-order valence-electron chi connectivity index (χ0n) is 91.2. The second-order valence-corrected chi connectivity index (χ2v) is 78.7. The largest absolute Gasteiger partial charge is 0.500 e. The normalized spacial score (nSPS) is 17.7. The summed E-state index contributed by atoms with van der Waals surface area (Å²) in [5.74, 6) is 1.40. The van der Waals surface area contributed by atoms with Crippen LogP contribution in [0.3, 0.4) is 0 Å². The second-order valence-electron chi connectivity index (χ2n) is 35.5. The van der Waals surface area contributed by atoms with Crippen molar-refractivity contribution in [2.75, 3.05) is 159 Å². The number of benzene rings is 1. The van der Waals surface area contributed by atoms with Gasteiger partial charge in [-0.05, 0) is 272 Å². The fourth-order valence-corrected chi connectivity index (χ4v) is 75.6. The molecule has 0 radical (unpaired) electrons. The fourth-order valence-electron chi connectivity index (χ4n) is 19.2. The van der Waals surface area contributed by atoms with E-state index >= 15 is 0 Å². The summed E-state index contributed by atoms with van der Waals surface area (Å²) in [4.78, 5) is 0. The smallest absolute Gasteiger partial charge is 0.417 e. The van der Waals surface area contributed by atoms with Crippen molar-refractivity contribution >= 4 is 108 Å². The van der Waals surface area contributed by atoms with Gasteiger partial charge in [-0.25, -0.2) is 0 Å². The molecule has 147 heavy (non-hydrogen) atoms. The van der Waals surface area contributed by atoms with Gasteiger partial charge in [-0.2, -0.15) is 0 Å². The molecule has 0 bridgehead atoms. The molecule has 37 heteroatoms. The number of fused-ring (bicyclic) bond motifs is 1. The SMILES string of the molecule is C.C.C.C.C.C.C.C.C.C.C.C.C.C=CC[Si](C)(C[Si](OCC)(OCC)OCC)OCC.CCO[Si](C)(CCC1CCC2OC2C1)C[Si](OCC)(OCC)OCC.CCO[Si](C[Si](C)(OCC)C1=CC=C(C(C)C)CC1)(OCC)OCC.CCO[Si](C[Si](C)(OCC)C1C=CC=C1)(OCC)OCC.CCO[Si](C[Si](C)(OCC)C1CCCCC1)(OCC)OCC.CCO[Si](C[Si](C)(OCC)c1ccccc1)(OCC)OCC. The molecule has 25 nitrogen and oxygen atoms in total. The molecule has 0 spiro atoms. The van der Waals surface area contributed by atoms with Crippen molar-refractivity contribution in [3.05, 3.63) is 90.2 Å². The van der Waals surface area contributed by atoms with E-state index in [-0.39, 0.29) is 96.5 Å². The van der Waals surface area contributed by atoms with Crippen LogP contribution >= 0.6 is 0 Å². The van der Waals surface area contributed by atoms with Crippen molar-refractivity contribution in [1.29, 1.82) is 0 Å². The minimum Gasteiger partial charge on any atom is -0.417 e. The van der Waals surface area contributed by atoms with Crippen molar-refractivity contribution in [1.82, 2.24) is 0 Å². The molecule has 3 fully saturated rings. The molecule has 1 saturated heterocycles. The van der Waals surface area contributed by atoms with Gasteiger partial charge in [0.15, 0.2) is 25.0 Å². The van der Waals surface area contributed by atoms with Crippen molar-refractivity contribution in [2.24, 2.45) is 11.8 Å². The maximum Gasteiger partial charge on any atom is 0.500 e. The van der Waals surface area contributed by atoms with Gasteiger partial charge in [0, 0.05) is 198 Å². The van der Waals surface area contributed by atoms with Crippen LogP contribution in [0, 0.1) is 11.8 Å². The minimum atomic E-state index is -2.72. The van der Waals surface area contributed by atoms with E-state index in [9.17, 15) is 0 Å². The number of allylic oxidation sites excluding steroid dienone is 9. The molecule has 2 saturated carbocycles. The monoisotopic (exact) mass is 2310 g/mol. The van der Waals surface area contributed by atoms with Crippen molar-refractivity contribution in [2.45, 2.75) is 456 Å². The molecule has 9 unspecified atom stereocenters. The van der Waals surface area contributed by atoms with Gasteiger partial charge in [0.25, 0.3) is 0 Å². The Hall–Kier alpha value is -0.477. The summed E-state index contributed by atoms with van der Waals surface area (Å²) in [6, 6.07) is 12.5. The fraction of sp³-hybridized carbons (Fsp3) is 0.855. The summed E-state index contributed by atoms with van der Waals surface area (Å²) in [5.41, 5.74) is 7.48. The first-order valence-electron chi connectivity index (χ1n) is 52.4. The van der Waals surface area contributed by atoms with E-state index in [1.807, 2.05) is 151 Å². The third kappa shape index (κ3) is 63.4. The summed E-state index contributed by atoms with van der Waals surface area (Å²) in [5, 5.41) is 2.71. The number of rotatable bonds is 70. The van der Waals surface area contributed by atoms with E-state index in [2.05, 4.69) is 148 Å². The lowest BCUT2D eigenvalue weighted by Gasteiger charge is -2.41. The highest BCUT2D eigenvalue weighted by atomic mass is 28.5. The van der Waals surface area contributed by atoms with Crippen LogP contribution < -0.4 is 5.19 Å². The molecular weight excluding hydrogens is 2060 g/mol. The zero-order chi connectivity index (χ0) is 101. The number of hydrogen-bond donors (Lipinski definition) is 0. The lowest BCUT2D eigenvalue weighted by Crippen LogP contribution is -2.59. The lowest BCUT2D eigenvalue weighted by molar-refractivity contribution is 0.0729. The van der Waals surface area contributed by atoms with Gasteiger partial charge in [-0.3, -0.25) is 0 Å². The van der Waals surface area contributed by atoms with E-state index in [0.717, 1.165) is 96.8 Å². The van der Waals surface area contributed by atoms with Gasteiger partial charge >= 0.3 is 52.8 Å². The highest BCUT2D eigenvalue weighted by Crippen LogP contribution is 2.46. The van der Waals surface area contributed by atoms with Crippen LogP contribution in [0.2, 0.25) is 96.5 Å². The van der Waals surface area contributed by atoms with Gasteiger partial charge in [-0.15, -0.1) is 6.58 Å². The molecule has 1 aliphatic heterocycles. The first-order chi connectivity index (χ1) is 64.0. The molecule has 1 aromatic rings. The zero-order valence-corrected chi connectivity index (χ0v) is 103. The Kier molecular flexibility index (Phi) is 113. The Morgan fingerprint density at radius 1 is 0.313 bits per heavy atom. The Morgan fingerprint density at radius 2 is 0.612 bits per heavy atom. The molecule has 0 amide bonds. The Bertz CT molecular complexity index is 3130. The van der Waals surface area contributed by atoms with Gasteiger partial charge < -0.3 is 111 Å². The summed E-state index contributed by atoms with van der Waals surface area (Å²) in [6.07, 6.45) is 30.3. The summed E-state index contributed by atoms with van der Waals surface area (Å²) >= 11 is 0. The van der Waals surface area contributed by atoms with Crippen LogP contribution in [0.15, 0.2) is 90.2 Å². The van der Waals surface area contributed by atoms with Crippen LogP contribution in [0.25, 0.3) is 0 Å². The first kappa shape index (κ1) is 174. The highest BCUT2D eigenvalue weighted by Gasteiger charge is 2.58. The van der Waals surface area contributed by atoms with E-state index in [0.29, 0.717) is 156 Å². The molecule has 0 aromatic heterocycles. The lowest BCUT2D eigenvalue weighted by atomic mass is 9.88. The second kappa shape index (κ2) is 95.4. The average Bonchev–Trinajstić information content (AvgIpc) is 1.68. The maximum absolute atomic E-state index is 6.40.